The van der Waals surface area contributed by atoms with E-state index in [0.29, 0.717) is 17.0 Å². The molecule has 1 heterocycles. The van der Waals surface area contributed by atoms with E-state index < -0.39 is 17.6 Å². The number of carbonyl (C=O) groups is 2. The summed E-state index contributed by atoms with van der Waals surface area (Å²) in [6, 6.07) is 12.4. The third kappa shape index (κ3) is 2.74. The number of benzene rings is 2. The first kappa shape index (κ1) is 15.7. The molecule has 1 aliphatic rings. The number of halogens is 1. The average Bonchev–Trinajstić information content (AvgIpc) is 2.81. The number of anilines is 1. The molecule has 122 valence electrons. The Balaban J connectivity index is 2.02. The molecule has 0 aromatic heterocycles. The van der Waals surface area contributed by atoms with Gasteiger partial charge >= 0.3 is 0 Å². The molecule has 0 aliphatic carbocycles. The van der Waals surface area contributed by atoms with Crippen LogP contribution in [0.5, 0.6) is 5.75 Å². The van der Waals surface area contributed by atoms with Gasteiger partial charge in [-0.2, -0.15) is 0 Å². The van der Waals surface area contributed by atoms with Gasteiger partial charge in [-0.25, -0.2) is 4.39 Å². The van der Waals surface area contributed by atoms with Crippen LogP contribution in [-0.2, 0) is 9.59 Å². The van der Waals surface area contributed by atoms with Crippen LogP contribution < -0.4 is 10.1 Å². The maximum atomic E-state index is 13.1. The van der Waals surface area contributed by atoms with E-state index in [1.807, 2.05) is 0 Å². The second kappa shape index (κ2) is 6.16. The van der Waals surface area contributed by atoms with E-state index in [2.05, 4.69) is 5.32 Å². The predicted molar refractivity (Wildman–Crippen MR) is 87.7 cm³/mol. The minimum absolute atomic E-state index is 0.166. The maximum absolute atomic E-state index is 13.1. The van der Waals surface area contributed by atoms with Gasteiger partial charge in [0, 0.05) is 12.7 Å². The molecule has 2 aromatic carbocycles. The van der Waals surface area contributed by atoms with Crippen molar-refractivity contribution < 1.29 is 18.7 Å². The van der Waals surface area contributed by atoms with Crippen molar-refractivity contribution in [2.24, 2.45) is 0 Å². The van der Waals surface area contributed by atoms with Gasteiger partial charge in [0.05, 0.1) is 12.7 Å². The molecule has 0 radical (unpaired) electrons. The molecule has 1 aliphatic heterocycles. The molecule has 2 aromatic rings. The van der Waals surface area contributed by atoms with Gasteiger partial charge in [-0.3, -0.25) is 14.5 Å². The van der Waals surface area contributed by atoms with Crippen LogP contribution in [0.25, 0.3) is 5.57 Å². The van der Waals surface area contributed by atoms with Crippen LogP contribution in [0.15, 0.2) is 54.2 Å². The van der Waals surface area contributed by atoms with Crippen LogP contribution in [0.1, 0.15) is 5.56 Å². The molecule has 5 nitrogen and oxygen atoms in total. The number of hydrogen-bond donors (Lipinski definition) is 1. The first-order valence-electron chi connectivity index (χ1n) is 7.25. The summed E-state index contributed by atoms with van der Waals surface area (Å²) in [6.07, 6.45) is 0. The van der Waals surface area contributed by atoms with Crippen molar-refractivity contribution in [1.29, 1.82) is 0 Å². The number of hydrogen-bond acceptors (Lipinski definition) is 4. The van der Waals surface area contributed by atoms with Crippen LogP contribution in [-0.4, -0.2) is 30.9 Å². The highest BCUT2D eigenvalue weighted by Gasteiger charge is 2.36. The fourth-order valence-corrected chi connectivity index (χ4v) is 2.46. The zero-order valence-electron chi connectivity index (χ0n) is 13.2. The van der Waals surface area contributed by atoms with E-state index in [-0.39, 0.29) is 11.3 Å². The van der Waals surface area contributed by atoms with Crippen molar-refractivity contribution in [3.05, 3.63) is 65.6 Å². The normalized spacial score (nSPS) is 14.4. The maximum Gasteiger partial charge on any atom is 0.277 e. The fraction of sp³-hybridized carbons (Fsp3) is 0.111. The van der Waals surface area contributed by atoms with Gasteiger partial charge in [-0.05, 0) is 42.0 Å². The number of imide groups is 1. The van der Waals surface area contributed by atoms with Crippen LogP contribution in [0, 0.1) is 5.82 Å². The molecule has 3 rings (SSSR count). The van der Waals surface area contributed by atoms with E-state index in [9.17, 15) is 14.0 Å². The predicted octanol–water partition coefficient (Wildman–Crippen LogP) is 2.66. The Bertz CT molecular complexity index is 826. The quantitative estimate of drug-likeness (QED) is 0.878. The van der Waals surface area contributed by atoms with Crippen molar-refractivity contribution in [2.75, 3.05) is 19.5 Å². The molecule has 6 heteroatoms. The number of likely N-dealkylation sites (N-methyl/N-ethyl adjacent to an activating group) is 1. The number of methoxy groups -OCH3 is 1. The lowest BCUT2D eigenvalue weighted by Crippen LogP contribution is -2.27. The molecule has 0 saturated heterocycles. The number of nitrogens with zero attached hydrogens (tertiary/aromatic N) is 1. The highest BCUT2D eigenvalue weighted by Crippen LogP contribution is 2.30. The van der Waals surface area contributed by atoms with Gasteiger partial charge in [0.15, 0.2) is 0 Å². The lowest BCUT2D eigenvalue weighted by Gasteiger charge is -2.09. The van der Waals surface area contributed by atoms with Crippen LogP contribution in [0.2, 0.25) is 0 Å². The van der Waals surface area contributed by atoms with Crippen molar-refractivity contribution in [3.8, 4) is 5.75 Å². The van der Waals surface area contributed by atoms with Crippen molar-refractivity contribution in [2.45, 2.75) is 0 Å². The SMILES string of the molecule is COc1ccc(NC2=C(c3ccc(F)cc3)C(=O)N(C)C2=O)cc1. The Hall–Kier alpha value is -3.15. The Morgan fingerprint density at radius 3 is 2.17 bits per heavy atom. The first-order chi connectivity index (χ1) is 11.5. The van der Waals surface area contributed by atoms with Crippen molar-refractivity contribution >= 4 is 23.1 Å². The van der Waals surface area contributed by atoms with E-state index >= 15 is 0 Å². The summed E-state index contributed by atoms with van der Waals surface area (Å²) in [5.74, 6) is -0.592. The summed E-state index contributed by atoms with van der Waals surface area (Å²) in [5, 5.41) is 2.98. The van der Waals surface area contributed by atoms with Crippen LogP contribution >= 0.6 is 0 Å². The molecule has 0 spiro atoms. The van der Waals surface area contributed by atoms with Gasteiger partial charge in [-0.1, -0.05) is 12.1 Å². The summed E-state index contributed by atoms with van der Waals surface area (Å²) in [6.45, 7) is 0. The monoisotopic (exact) mass is 326 g/mol. The summed E-state index contributed by atoms with van der Waals surface area (Å²) >= 11 is 0. The summed E-state index contributed by atoms with van der Waals surface area (Å²) in [4.78, 5) is 25.8. The lowest BCUT2D eigenvalue weighted by molar-refractivity contribution is -0.135. The van der Waals surface area contributed by atoms with Crippen molar-refractivity contribution in [1.82, 2.24) is 4.90 Å². The van der Waals surface area contributed by atoms with Gasteiger partial charge in [0.1, 0.15) is 17.3 Å². The van der Waals surface area contributed by atoms with Crippen LogP contribution in [0.3, 0.4) is 0 Å². The Labute approximate surface area is 138 Å². The Morgan fingerprint density at radius 2 is 1.58 bits per heavy atom. The summed E-state index contributed by atoms with van der Waals surface area (Å²) < 4.78 is 18.2. The molecular formula is C18H15FN2O3. The van der Waals surface area contributed by atoms with E-state index in [0.717, 1.165) is 4.90 Å². The molecular weight excluding hydrogens is 311 g/mol. The van der Waals surface area contributed by atoms with E-state index in [1.165, 1.54) is 31.3 Å². The number of amides is 2. The zero-order chi connectivity index (χ0) is 17.3. The molecule has 0 saturated carbocycles. The number of ether oxygens (including phenoxy) is 1. The highest BCUT2D eigenvalue weighted by atomic mass is 19.1. The van der Waals surface area contributed by atoms with E-state index in [4.69, 9.17) is 4.74 Å². The topological polar surface area (TPSA) is 58.6 Å². The molecule has 0 fully saturated rings. The van der Waals surface area contributed by atoms with Gasteiger partial charge in [-0.15, -0.1) is 0 Å². The standard InChI is InChI=1S/C18H15FN2O3/c1-21-17(22)15(11-3-5-12(19)6-4-11)16(18(21)23)20-13-7-9-14(24-2)10-8-13/h3-10,20H,1-2H3. The zero-order valence-corrected chi connectivity index (χ0v) is 13.2. The molecule has 0 bridgehead atoms. The van der Waals surface area contributed by atoms with Gasteiger partial charge < -0.3 is 10.1 Å². The first-order valence-corrected chi connectivity index (χ1v) is 7.25. The molecule has 2 amide bonds. The molecule has 1 N–H and O–H groups in total. The summed E-state index contributed by atoms with van der Waals surface area (Å²) in [5.41, 5.74) is 1.51. The Kier molecular flexibility index (Phi) is 4.04. The number of carbonyl (C=O) groups excluding carboxylic acids is 2. The van der Waals surface area contributed by atoms with Gasteiger partial charge in [0.2, 0.25) is 0 Å². The number of nitrogens with one attached hydrogen (secondary N) is 1. The minimum Gasteiger partial charge on any atom is -0.497 e. The van der Waals surface area contributed by atoms with Gasteiger partial charge in [0.25, 0.3) is 11.8 Å². The summed E-state index contributed by atoms with van der Waals surface area (Å²) in [7, 11) is 2.97. The third-order valence-corrected chi connectivity index (χ3v) is 3.78. The third-order valence-electron chi connectivity index (χ3n) is 3.78. The second-order valence-corrected chi connectivity index (χ2v) is 5.28. The van der Waals surface area contributed by atoms with Crippen LogP contribution in [0.4, 0.5) is 10.1 Å². The molecule has 24 heavy (non-hydrogen) atoms. The average molecular weight is 326 g/mol. The fourth-order valence-electron chi connectivity index (χ4n) is 2.46. The largest absolute Gasteiger partial charge is 0.497 e. The number of rotatable bonds is 4. The Morgan fingerprint density at radius 1 is 0.958 bits per heavy atom. The second-order valence-electron chi connectivity index (χ2n) is 5.28. The molecule has 0 unspecified atom stereocenters. The minimum atomic E-state index is -0.435. The molecule has 0 atom stereocenters. The highest BCUT2D eigenvalue weighted by molar-refractivity contribution is 6.36. The smallest absolute Gasteiger partial charge is 0.277 e. The lowest BCUT2D eigenvalue weighted by atomic mass is 10.0. The van der Waals surface area contributed by atoms with E-state index in [1.54, 1.807) is 31.4 Å². The van der Waals surface area contributed by atoms with Crippen molar-refractivity contribution in [3.63, 3.8) is 0 Å².